The van der Waals surface area contributed by atoms with Gasteiger partial charge in [0.1, 0.15) is 6.33 Å². The Labute approximate surface area is 100 Å². The molecule has 2 fully saturated rings. The summed E-state index contributed by atoms with van der Waals surface area (Å²) in [6.45, 7) is 0. The molecule has 0 radical (unpaired) electrons. The molecule has 1 N–H and O–H groups in total. The molecule has 4 heteroatoms. The van der Waals surface area contributed by atoms with Crippen LogP contribution < -0.4 is 5.32 Å². The fourth-order valence-electron chi connectivity index (χ4n) is 3.42. The number of fused-ring (bicyclic) bond motifs is 3. The van der Waals surface area contributed by atoms with Gasteiger partial charge < -0.3 is 5.32 Å². The summed E-state index contributed by atoms with van der Waals surface area (Å²) in [6, 6.07) is 5.91. The van der Waals surface area contributed by atoms with E-state index in [1.165, 1.54) is 31.2 Å². The second kappa shape index (κ2) is 3.53. The first-order valence-corrected chi connectivity index (χ1v) is 6.44. The molecule has 0 saturated carbocycles. The number of nitrogens with zero attached hydrogens (tertiary/aromatic N) is 3. The Bertz CT molecular complexity index is 535. The summed E-state index contributed by atoms with van der Waals surface area (Å²) < 4.78 is 1.97. The Morgan fingerprint density at radius 2 is 2.06 bits per heavy atom. The van der Waals surface area contributed by atoms with Crippen molar-refractivity contribution in [2.45, 2.75) is 43.7 Å². The van der Waals surface area contributed by atoms with Crippen LogP contribution in [0.15, 0.2) is 24.7 Å². The third kappa shape index (κ3) is 1.55. The SMILES string of the molecule is c1cn2cnnc2cc1C1CC2CCC(C1)N2. The minimum absolute atomic E-state index is 0.704. The molecule has 4 nitrogen and oxygen atoms in total. The lowest BCUT2D eigenvalue weighted by Crippen LogP contribution is -2.37. The van der Waals surface area contributed by atoms with Gasteiger partial charge >= 0.3 is 0 Å². The summed E-state index contributed by atoms with van der Waals surface area (Å²) in [5.41, 5.74) is 2.40. The fourth-order valence-corrected chi connectivity index (χ4v) is 3.42. The summed E-state index contributed by atoms with van der Waals surface area (Å²) in [5, 5.41) is 11.7. The molecule has 2 aromatic rings. The maximum atomic E-state index is 4.13. The predicted molar refractivity (Wildman–Crippen MR) is 64.9 cm³/mol. The van der Waals surface area contributed by atoms with Crippen LogP contribution in [0.2, 0.25) is 0 Å². The zero-order valence-corrected chi connectivity index (χ0v) is 9.71. The standard InChI is InChI=1S/C13H16N4/c1-2-12-6-10(5-11(1)15-12)9-3-4-17-8-14-16-13(17)7-9/h3-4,7-8,10-12,15H,1-2,5-6H2. The van der Waals surface area contributed by atoms with Gasteiger partial charge in [-0.2, -0.15) is 0 Å². The number of aromatic nitrogens is 3. The van der Waals surface area contributed by atoms with Crippen molar-refractivity contribution in [2.75, 3.05) is 0 Å². The Kier molecular flexibility index (Phi) is 1.99. The highest BCUT2D eigenvalue weighted by Gasteiger charge is 2.34. The molecule has 2 unspecified atom stereocenters. The van der Waals surface area contributed by atoms with Gasteiger partial charge in [-0.1, -0.05) is 0 Å². The van der Waals surface area contributed by atoms with Gasteiger partial charge in [0.25, 0.3) is 0 Å². The molecule has 2 saturated heterocycles. The maximum absolute atomic E-state index is 4.13. The van der Waals surface area contributed by atoms with Crippen molar-refractivity contribution in [1.29, 1.82) is 0 Å². The molecule has 4 rings (SSSR count). The minimum atomic E-state index is 0.704. The molecular weight excluding hydrogens is 212 g/mol. The second-order valence-electron chi connectivity index (χ2n) is 5.36. The number of hydrogen-bond acceptors (Lipinski definition) is 3. The molecule has 4 heterocycles. The zero-order valence-electron chi connectivity index (χ0n) is 9.71. The van der Waals surface area contributed by atoms with Crippen molar-refractivity contribution >= 4 is 5.65 Å². The first kappa shape index (κ1) is 9.59. The number of pyridine rings is 1. The van der Waals surface area contributed by atoms with E-state index in [0.29, 0.717) is 5.92 Å². The van der Waals surface area contributed by atoms with Crippen molar-refractivity contribution in [2.24, 2.45) is 0 Å². The quantitative estimate of drug-likeness (QED) is 0.808. The number of hydrogen-bond donors (Lipinski definition) is 1. The van der Waals surface area contributed by atoms with E-state index in [1.54, 1.807) is 6.33 Å². The van der Waals surface area contributed by atoms with Crippen molar-refractivity contribution in [3.63, 3.8) is 0 Å². The van der Waals surface area contributed by atoms with E-state index in [4.69, 9.17) is 0 Å². The van der Waals surface area contributed by atoms with E-state index in [2.05, 4.69) is 33.8 Å². The van der Waals surface area contributed by atoms with Crippen LogP contribution in [0.1, 0.15) is 37.2 Å². The topological polar surface area (TPSA) is 42.2 Å². The van der Waals surface area contributed by atoms with Gasteiger partial charge in [0.2, 0.25) is 0 Å². The Morgan fingerprint density at radius 3 is 2.88 bits per heavy atom. The summed E-state index contributed by atoms with van der Waals surface area (Å²) >= 11 is 0. The highest BCUT2D eigenvalue weighted by atomic mass is 15.2. The minimum Gasteiger partial charge on any atom is -0.311 e. The molecule has 0 amide bonds. The molecule has 2 aliphatic heterocycles. The van der Waals surface area contributed by atoms with Crippen LogP contribution >= 0.6 is 0 Å². The monoisotopic (exact) mass is 228 g/mol. The van der Waals surface area contributed by atoms with Gasteiger partial charge in [-0.25, -0.2) is 0 Å². The average molecular weight is 228 g/mol. The number of nitrogens with one attached hydrogen (secondary N) is 1. The first-order valence-electron chi connectivity index (χ1n) is 6.44. The summed E-state index contributed by atoms with van der Waals surface area (Å²) in [7, 11) is 0. The summed E-state index contributed by atoms with van der Waals surface area (Å²) in [5.74, 6) is 0.704. The number of rotatable bonds is 1. The van der Waals surface area contributed by atoms with Gasteiger partial charge in [-0.15, -0.1) is 10.2 Å². The maximum Gasteiger partial charge on any atom is 0.160 e. The molecule has 2 atom stereocenters. The van der Waals surface area contributed by atoms with E-state index < -0.39 is 0 Å². The number of piperidine rings is 1. The smallest absolute Gasteiger partial charge is 0.160 e. The van der Waals surface area contributed by atoms with Gasteiger partial charge in [-0.05, 0) is 49.3 Å². The van der Waals surface area contributed by atoms with Crippen molar-refractivity contribution in [3.8, 4) is 0 Å². The lowest BCUT2D eigenvalue weighted by Gasteiger charge is -2.29. The van der Waals surface area contributed by atoms with E-state index in [-0.39, 0.29) is 0 Å². The normalized spacial score (nSPS) is 32.1. The van der Waals surface area contributed by atoms with Crippen LogP contribution in [0.25, 0.3) is 5.65 Å². The molecule has 0 spiro atoms. The summed E-state index contributed by atoms with van der Waals surface area (Å²) in [6.07, 6.45) is 9.10. The molecular formula is C13H16N4. The first-order chi connectivity index (χ1) is 8.38. The van der Waals surface area contributed by atoms with Gasteiger partial charge in [-0.3, -0.25) is 4.40 Å². The van der Waals surface area contributed by atoms with Crippen LogP contribution in [0, 0.1) is 0 Å². The molecule has 17 heavy (non-hydrogen) atoms. The van der Waals surface area contributed by atoms with Gasteiger partial charge in [0.05, 0.1) is 0 Å². The highest BCUT2D eigenvalue weighted by Crippen LogP contribution is 2.37. The Hall–Kier alpha value is -1.42. The van der Waals surface area contributed by atoms with Crippen LogP contribution in [0.3, 0.4) is 0 Å². The lowest BCUT2D eigenvalue weighted by atomic mass is 9.87. The van der Waals surface area contributed by atoms with Crippen LogP contribution in [0.5, 0.6) is 0 Å². The third-order valence-corrected chi connectivity index (χ3v) is 4.27. The molecule has 2 bridgehead atoms. The highest BCUT2D eigenvalue weighted by molar-refractivity contribution is 5.41. The molecule has 0 aliphatic carbocycles. The van der Waals surface area contributed by atoms with E-state index in [9.17, 15) is 0 Å². The Morgan fingerprint density at radius 1 is 1.24 bits per heavy atom. The van der Waals surface area contributed by atoms with Crippen molar-refractivity contribution in [1.82, 2.24) is 19.9 Å². The molecule has 2 aliphatic rings. The predicted octanol–water partition coefficient (Wildman–Crippen LogP) is 1.73. The lowest BCUT2D eigenvalue weighted by molar-refractivity contribution is 0.363. The zero-order chi connectivity index (χ0) is 11.2. The van der Waals surface area contributed by atoms with Crippen LogP contribution in [-0.4, -0.2) is 26.7 Å². The van der Waals surface area contributed by atoms with E-state index in [0.717, 1.165) is 17.7 Å². The molecule has 2 aromatic heterocycles. The molecule has 88 valence electrons. The fraction of sp³-hybridized carbons (Fsp3) is 0.538. The van der Waals surface area contributed by atoms with Crippen molar-refractivity contribution in [3.05, 3.63) is 30.2 Å². The van der Waals surface area contributed by atoms with Crippen LogP contribution in [0.4, 0.5) is 0 Å². The molecule has 0 aromatic carbocycles. The van der Waals surface area contributed by atoms with Crippen molar-refractivity contribution < 1.29 is 0 Å². The van der Waals surface area contributed by atoms with E-state index >= 15 is 0 Å². The second-order valence-corrected chi connectivity index (χ2v) is 5.36. The van der Waals surface area contributed by atoms with E-state index in [1.807, 2.05) is 4.40 Å². The van der Waals surface area contributed by atoms with Gasteiger partial charge in [0.15, 0.2) is 5.65 Å². The Balaban J connectivity index is 1.69. The van der Waals surface area contributed by atoms with Crippen LogP contribution in [-0.2, 0) is 0 Å². The van der Waals surface area contributed by atoms with Gasteiger partial charge in [0, 0.05) is 18.3 Å². The average Bonchev–Trinajstić information content (AvgIpc) is 2.94. The third-order valence-electron chi connectivity index (χ3n) is 4.27. The summed E-state index contributed by atoms with van der Waals surface area (Å²) in [4.78, 5) is 0. The largest absolute Gasteiger partial charge is 0.311 e.